The maximum absolute atomic E-state index is 9.06. The maximum atomic E-state index is 9.06. The van der Waals surface area contributed by atoms with Gasteiger partial charge in [-0.05, 0) is 18.8 Å². The van der Waals surface area contributed by atoms with Crippen molar-refractivity contribution in [3.8, 4) is 5.75 Å². The highest BCUT2D eigenvalue weighted by Gasteiger charge is 2.18. The zero-order valence-corrected chi connectivity index (χ0v) is 8.35. The summed E-state index contributed by atoms with van der Waals surface area (Å²) in [5, 5.41) is 9.06. The van der Waals surface area contributed by atoms with Gasteiger partial charge in [-0.2, -0.15) is 0 Å². The van der Waals surface area contributed by atoms with Gasteiger partial charge in [-0.15, -0.1) is 0 Å². The van der Waals surface area contributed by atoms with Crippen molar-refractivity contribution >= 4 is 5.95 Å². The highest BCUT2D eigenvalue weighted by Crippen LogP contribution is 2.19. The molecule has 1 aliphatic rings. The van der Waals surface area contributed by atoms with Crippen molar-refractivity contribution in [3.63, 3.8) is 0 Å². The van der Waals surface area contributed by atoms with E-state index in [2.05, 4.69) is 21.8 Å². The molecule has 0 radical (unpaired) electrons. The smallest absolute Gasteiger partial charge is 0.225 e. The molecular weight excluding hydrogens is 178 g/mol. The van der Waals surface area contributed by atoms with E-state index in [1.807, 2.05) is 0 Å². The molecule has 2 heterocycles. The molecule has 1 atom stereocenters. The van der Waals surface area contributed by atoms with Crippen molar-refractivity contribution in [2.75, 3.05) is 18.0 Å². The van der Waals surface area contributed by atoms with E-state index in [4.69, 9.17) is 5.11 Å². The third kappa shape index (κ3) is 1.95. The number of hydrogen-bond donors (Lipinski definition) is 1. The van der Waals surface area contributed by atoms with Gasteiger partial charge in [0.1, 0.15) is 0 Å². The largest absolute Gasteiger partial charge is 0.505 e. The summed E-state index contributed by atoms with van der Waals surface area (Å²) < 4.78 is 0. The fraction of sp³-hybridized carbons (Fsp3) is 0.600. The van der Waals surface area contributed by atoms with E-state index in [1.54, 1.807) is 0 Å². The Morgan fingerprint density at radius 3 is 2.79 bits per heavy atom. The van der Waals surface area contributed by atoms with Crippen molar-refractivity contribution in [3.05, 3.63) is 12.4 Å². The Labute approximate surface area is 83.6 Å². The molecule has 0 aliphatic carbocycles. The van der Waals surface area contributed by atoms with Gasteiger partial charge in [0.15, 0.2) is 5.75 Å². The summed E-state index contributed by atoms with van der Waals surface area (Å²) in [6, 6.07) is 0. The van der Waals surface area contributed by atoms with Crippen molar-refractivity contribution in [2.24, 2.45) is 5.92 Å². The molecule has 4 nitrogen and oxygen atoms in total. The van der Waals surface area contributed by atoms with E-state index < -0.39 is 0 Å². The monoisotopic (exact) mass is 193 g/mol. The van der Waals surface area contributed by atoms with Gasteiger partial charge < -0.3 is 10.0 Å². The number of hydrogen-bond acceptors (Lipinski definition) is 4. The Morgan fingerprint density at radius 2 is 2.14 bits per heavy atom. The zero-order valence-electron chi connectivity index (χ0n) is 8.35. The normalized spacial score (nSPS) is 22.4. The predicted molar refractivity (Wildman–Crippen MR) is 54.3 cm³/mol. The first kappa shape index (κ1) is 9.24. The summed E-state index contributed by atoms with van der Waals surface area (Å²) in [7, 11) is 0. The highest BCUT2D eigenvalue weighted by molar-refractivity contribution is 5.31. The van der Waals surface area contributed by atoms with Gasteiger partial charge in [-0.3, -0.25) is 0 Å². The molecule has 1 saturated heterocycles. The lowest BCUT2D eigenvalue weighted by atomic mass is 10.0. The van der Waals surface area contributed by atoms with Crippen LogP contribution in [0.1, 0.15) is 19.8 Å². The van der Waals surface area contributed by atoms with E-state index in [0.29, 0.717) is 5.92 Å². The lowest BCUT2D eigenvalue weighted by molar-refractivity contribution is 0.439. The minimum atomic E-state index is 0.124. The Balaban J connectivity index is 2.10. The third-order valence-corrected chi connectivity index (χ3v) is 2.56. The predicted octanol–water partition coefficient (Wildman–Crippen LogP) is 1.42. The van der Waals surface area contributed by atoms with E-state index in [1.165, 1.54) is 25.2 Å². The average molecular weight is 193 g/mol. The second-order valence-corrected chi connectivity index (χ2v) is 3.93. The van der Waals surface area contributed by atoms with Gasteiger partial charge in [0.25, 0.3) is 0 Å². The molecule has 4 heteroatoms. The fourth-order valence-corrected chi connectivity index (χ4v) is 1.85. The van der Waals surface area contributed by atoms with E-state index in [-0.39, 0.29) is 5.75 Å². The number of aromatic nitrogens is 2. The van der Waals surface area contributed by atoms with E-state index in [0.717, 1.165) is 19.0 Å². The lowest BCUT2D eigenvalue weighted by Gasteiger charge is -2.30. The van der Waals surface area contributed by atoms with Crippen LogP contribution in [-0.2, 0) is 0 Å². The number of nitrogens with zero attached hydrogens (tertiary/aromatic N) is 3. The van der Waals surface area contributed by atoms with Gasteiger partial charge in [0, 0.05) is 13.1 Å². The zero-order chi connectivity index (χ0) is 9.97. The second-order valence-electron chi connectivity index (χ2n) is 3.93. The number of piperidine rings is 1. The summed E-state index contributed by atoms with van der Waals surface area (Å²) in [6.45, 7) is 4.28. The first-order valence-corrected chi connectivity index (χ1v) is 5.01. The van der Waals surface area contributed by atoms with Crippen LogP contribution in [0.2, 0.25) is 0 Å². The summed E-state index contributed by atoms with van der Waals surface area (Å²) in [4.78, 5) is 10.4. The molecule has 0 aromatic carbocycles. The Kier molecular flexibility index (Phi) is 2.52. The topological polar surface area (TPSA) is 49.2 Å². The van der Waals surface area contributed by atoms with Gasteiger partial charge in [0.2, 0.25) is 5.95 Å². The Bertz CT molecular complexity index is 299. The minimum absolute atomic E-state index is 0.124. The third-order valence-electron chi connectivity index (χ3n) is 2.56. The maximum Gasteiger partial charge on any atom is 0.225 e. The van der Waals surface area contributed by atoms with Crippen LogP contribution < -0.4 is 4.90 Å². The van der Waals surface area contributed by atoms with Crippen LogP contribution >= 0.6 is 0 Å². The van der Waals surface area contributed by atoms with E-state index in [9.17, 15) is 0 Å². The molecule has 14 heavy (non-hydrogen) atoms. The van der Waals surface area contributed by atoms with Gasteiger partial charge in [0.05, 0.1) is 12.4 Å². The SMILES string of the molecule is C[C@@H]1CCCN(c2ncc(O)cn2)C1. The molecule has 0 unspecified atom stereocenters. The van der Waals surface area contributed by atoms with Gasteiger partial charge >= 0.3 is 0 Å². The van der Waals surface area contributed by atoms with Gasteiger partial charge in [-0.25, -0.2) is 9.97 Å². The van der Waals surface area contributed by atoms with Crippen LogP contribution in [-0.4, -0.2) is 28.2 Å². The second kappa shape index (κ2) is 3.82. The van der Waals surface area contributed by atoms with Crippen molar-refractivity contribution < 1.29 is 5.11 Å². The number of aromatic hydroxyl groups is 1. The fourth-order valence-electron chi connectivity index (χ4n) is 1.85. The van der Waals surface area contributed by atoms with Crippen LogP contribution in [0.15, 0.2) is 12.4 Å². The molecule has 1 N–H and O–H groups in total. The lowest BCUT2D eigenvalue weighted by Crippen LogP contribution is -2.35. The summed E-state index contributed by atoms with van der Waals surface area (Å²) in [5.74, 6) is 1.56. The standard InChI is InChI=1S/C10H15N3O/c1-8-3-2-4-13(7-8)10-11-5-9(14)6-12-10/h5-6,8,14H,2-4,7H2,1H3/t8-/m1/s1. The molecule has 1 aromatic rings. The molecular formula is C10H15N3O. The first-order chi connectivity index (χ1) is 6.75. The molecule has 1 aliphatic heterocycles. The Hall–Kier alpha value is -1.32. The van der Waals surface area contributed by atoms with Crippen LogP contribution in [0.3, 0.4) is 0 Å². The summed E-state index contributed by atoms with van der Waals surface area (Å²) >= 11 is 0. The van der Waals surface area contributed by atoms with Crippen LogP contribution in [0.4, 0.5) is 5.95 Å². The Morgan fingerprint density at radius 1 is 1.43 bits per heavy atom. The first-order valence-electron chi connectivity index (χ1n) is 5.01. The van der Waals surface area contributed by atoms with Crippen LogP contribution in [0.5, 0.6) is 5.75 Å². The van der Waals surface area contributed by atoms with Crippen molar-refractivity contribution in [2.45, 2.75) is 19.8 Å². The molecule has 0 spiro atoms. The van der Waals surface area contributed by atoms with Crippen LogP contribution in [0, 0.1) is 5.92 Å². The van der Waals surface area contributed by atoms with Crippen molar-refractivity contribution in [1.29, 1.82) is 0 Å². The summed E-state index contributed by atoms with van der Waals surface area (Å²) in [5.41, 5.74) is 0. The molecule has 0 bridgehead atoms. The number of anilines is 1. The van der Waals surface area contributed by atoms with Crippen molar-refractivity contribution in [1.82, 2.24) is 9.97 Å². The quantitative estimate of drug-likeness (QED) is 0.732. The number of rotatable bonds is 1. The van der Waals surface area contributed by atoms with Gasteiger partial charge in [-0.1, -0.05) is 6.92 Å². The minimum Gasteiger partial charge on any atom is -0.505 e. The average Bonchev–Trinajstić information content (AvgIpc) is 2.19. The molecule has 1 fully saturated rings. The summed E-state index contributed by atoms with van der Waals surface area (Å²) in [6.07, 6.45) is 5.38. The van der Waals surface area contributed by atoms with Crippen LogP contribution in [0.25, 0.3) is 0 Å². The highest BCUT2D eigenvalue weighted by atomic mass is 16.3. The molecule has 76 valence electrons. The molecule has 2 rings (SSSR count). The molecule has 1 aromatic heterocycles. The molecule has 0 amide bonds. The molecule has 0 saturated carbocycles. The van der Waals surface area contributed by atoms with E-state index >= 15 is 0 Å².